The third-order valence-corrected chi connectivity index (χ3v) is 4.13. The predicted octanol–water partition coefficient (Wildman–Crippen LogP) is 2.00. The summed E-state index contributed by atoms with van der Waals surface area (Å²) in [5.74, 6) is -4.20. The topological polar surface area (TPSA) is 169 Å². The van der Waals surface area contributed by atoms with Crippen molar-refractivity contribution in [1.29, 1.82) is 0 Å². The van der Waals surface area contributed by atoms with Gasteiger partial charge in [0.05, 0.1) is 24.8 Å². The first kappa shape index (κ1) is 25.7. The van der Waals surface area contributed by atoms with Crippen LogP contribution in [0.25, 0.3) is 0 Å². The van der Waals surface area contributed by atoms with Crippen LogP contribution in [0.15, 0.2) is 34.5 Å². The summed E-state index contributed by atoms with van der Waals surface area (Å²) >= 11 is 0. The van der Waals surface area contributed by atoms with Crippen molar-refractivity contribution in [2.45, 2.75) is 45.2 Å². The number of nitrogens with one attached hydrogen (secondary N) is 1. The molecule has 0 saturated heterocycles. The van der Waals surface area contributed by atoms with Crippen molar-refractivity contribution < 1.29 is 34.5 Å². The average molecular weight is 436 g/mol. The quantitative estimate of drug-likeness (QED) is 0.253. The average Bonchev–Trinajstić information content (AvgIpc) is 2.67. The lowest BCUT2D eigenvalue weighted by Crippen LogP contribution is -2.46. The van der Waals surface area contributed by atoms with Gasteiger partial charge in [0, 0.05) is 12.1 Å². The number of carboxylic acid groups (broad SMARTS) is 3. The van der Waals surface area contributed by atoms with E-state index >= 15 is 0 Å². The largest absolute Gasteiger partial charge is 0.480 e. The Hall–Kier alpha value is -3.34. The van der Waals surface area contributed by atoms with Crippen LogP contribution < -0.4 is 5.32 Å². The van der Waals surface area contributed by atoms with Crippen LogP contribution in [0.5, 0.6) is 0 Å². The van der Waals surface area contributed by atoms with Gasteiger partial charge in [-0.25, -0.2) is 0 Å². The molecule has 11 nitrogen and oxygen atoms in total. The van der Waals surface area contributed by atoms with Crippen LogP contribution in [0.4, 0.5) is 5.69 Å². The van der Waals surface area contributed by atoms with Crippen LogP contribution in [0.1, 0.15) is 43.5 Å². The first-order valence-electron chi connectivity index (χ1n) is 9.79. The summed E-state index contributed by atoms with van der Waals surface area (Å²) in [4.78, 5) is 46.3. The van der Waals surface area contributed by atoms with Gasteiger partial charge in [0.2, 0.25) is 0 Å². The molecule has 11 heteroatoms. The van der Waals surface area contributed by atoms with Crippen molar-refractivity contribution in [3.05, 3.63) is 29.8 Å². The van der Waals surface area contributed by atoms with Gasteiger partial charge in [-0.3, -0.25) is 24.1 Å². The standard InChI is InChI=1S/C20H28N4O7/c1-13(2)22-23-15-8-6-14(7-9-15)19(29)21-10-4-3-5-16(20(30)31)24(11-17(25)26)12-18(27)28/h6-9,13,16H,3-5,10-12H2,1-2H3,(H,21,29)(H,25,26)(H,27,28)(H,30,31). The number of carbonyl (C=O) groups excluding carboxylic acids is 1. The van der Waals surface area contributed by atoms with Gasteiger partial charge in [-0.2, -0.15) is 10.2 Å². The number of benzene rings is 1. The Kier molecular flexibility index (Phi) is 10.8. The summed E-state index contributed by atoms with van der Waals surface area (Å²) in [6, 6.07) is 5.44. The molecule has 0 fully saturated rings. The minimum Gasteiger partial charge on any atom is -0.480 e. The SMILES string of the molecule is CC(C)N=Nc1ccc(C(=O)NCCCCC(C(=O)O)N(CC(=O)O)CC(=O)O)cc1. The van der Waals surface area contributed by atoms with Gasteiger partial charge in [0.25, 0.3) is 5.91 Å². The molecule has 1 unspecified atom stereocenters. The highest BCUT2D eigenvalue weighted by Gasteiger charge is 2.28. The van der Waals surface area contributed by atoms with E-state index in [-0.39, 0.29) is 24.9 Å². The minimum absolute atomic E-state index is 0.0569. The number of rotatable bonds is 14. The van der Waals surface area contributed by atoms with Crippen LogP contribution in [0.3, 0.4) is 0 Å². The summed E-state index contributed by atoms with van der Waals surface area (Å²) in [6.07, 6.45) is 0.868. The van der Waals surface area contributed by atoms with Gasteiger partial charge in [-0.1, -0.05) is 0 Å². The summed E-state index contributed by atoms with van der Waals surface area (Å²) in [7, 11) is 0. The van der Waals surface area contributed by atoms with E-state index in [4.69, 9.17) is 10.2 Å². The number of aliphatic carboxylic acids is 3. The molecule has 4 N–H and O–H groups in total. The van der Waals surface area contributed by atoms with Crippen LogP contribution in [-0.2, 0) is 14.4 Å². The Morgan fingerprint density at radius 3 is 2.03 bits per heavy atom. The lowest BCUT2D eigenvalue weighted by atomic mass is 10.1. The number of carbonyl (C=O) groups is 4. The summed E-state index contributed by atoms with van der Waals surface area (Å²) in [5.41, 5.74) is 1.08. The summed E-state index contributed by atoms with van der Waals surface area (Å²) in [6.45, 7) is 2.72. The smallest absolute Gasteiger partial charge is 0.320 e. The lowest BCUT2D eigenvalue weighted by molar-refractivity contribution is -0.149. The number of nitrogens with zero attached hydrogens (tertiary/aromatic N) is 3. The van der Waals surface area contributed by atoms with E-state index in [1.807, 2.05) is 13.8 Å². The molecule has 0 heterocycles. The molecule has 1 aromatic carbocycles. The molecule has 1 amide bonds. The molecule has 170 valence electrons. The molecule has 0 aliphatic heterocycles. The van der Waals surface area contributed by atoms with Crippen LogP contribution in [0, 0.1) is 0 Å². The maximum atomic E-state index is 12.2. The zero-order chi connectivity index (χ0) is 23.4. The minimum atomic E-state index is -1.31. The van der Waals surface area contributed by atoms with E-state index in [1.165, 1.54) is 0 Å². The normalized spacial score (nSPS) is 12.3. The Balaban J connectivity index is 2.50. The van der Waals surface area contributed by atoms with Crippen LogP contribution in [0.2, 0.25) is 0 Å². The third kappa shape index (κ3) is 10.3. The number of azo groups is 1. The molecule has 0 aliphatic rings. The molecule has 0 radical (unpaired) electrons. The van der Waals surface area contributed by atoms with E-state index in [9.17, 15) is 24.3 Å². The molecule has 1 aromatic rings. The summed E-state index contributed by atoms with van der Waals surface area (Å²) in [5, 5.41) is 37.9. The second-order valence-electron chi connectivity index (χ2n) is 7.15. The highest BCUT2D eigenvalue weighted by molar-refractivity contribution is 5.94. The zero-order valence-corrected chi connectivity index (χ0v) is 17.5. The van der Waals surface area contributed by atoms with Gasteiger partial charge in [-0.05, 0) is 57.4 Å². The summed E-state index contributed by atoms with van der Waals surface area (Å²) < 4.78 is 0. The molecule has 0 spiro atoms. The fourth-order valence-electron chi connectivity index (χ4n) is 2.71. The van der Waals surface area contributed by atoms with E-state index < -0.39 is 37.0 Å². The van der Waals surface area contributed by atoms with Crippen molar-refractivity contribution in [3.8, 4) is 0 Å². The Labute approximate surface area is 179 Å². The van der Waals surface area contributed by atoms with Gasteiger partial charge in [0.15, 0.2) is 0 Å². The van der Waals surface area contributed by atoms with E-state index in [0.717, 1.165) is 4.90 Å². The van der Waals surface area contributed by atoms with Crippen molar-refractivity contribution in [1.82, 2.24) is 10.2 Å². The molecular weight excluding hydrogens is 408 g/mol. The number of hydrogen-bond acceptors (Lipinski definition) is 7. The molecule has 0 bridgehead atoms. The maximum absolute atomic E-state index is 12.2. The molecule has 31 heavy (non-hydrogen) atoms. The van der Waals surface area contributed by atoms with Crippen molar-refractivity contribution >= 4 is 29.5 Å². The second kappa shape index (κ2) is 13.1. The van der Waals surface area contributed by atoms with Crippen molar-refractivity contribution in [2.75, 3.05) is 19.6 Å². The molecule has 1 rings (SSSR count). The number of amides is 1. The third-order valence-electron chi connectivity index (χ3n) is 4.13. The molecule has 1 atom stereocenters. The first-order chi connectivity index (χ1) is 14.6. The predicted molar refractivity (Wildman–Crippen MR) is 111 cm³/mol. The molecule has 0 aromatic heterocycles. The van der Waals surface area contributed by atoms with Gasteiger partial charge < -0.3 is 20.6 Å². The highest BCUT2D eigenvalue weighted by Crippen LogP contribution is 2.14. The fourth-order valence-corrected chi connectivity index (χ4v) is 2.71. The van der Waals surface area contributed by atoms with Gasteiger partial charge in [-0.15, -0.1) is 0 Å². The fraction of sp³-hybridized carbons (Fsp3) is 0.500. The van der Waals surface area contributed by atoms with Crippen LogP contribution >= 0.6 is 0 Å². The zero-order valence-electron chi connectivity index (χ0n) is 17.5. The number of unbranched alkanes of at least 4 members (excludes halogenated alkanes) is 1. The molecule has 0 saturated carbocycles. The number of carboxylic acids is 3. The second-order valence-corrected chi connectivity index (χ2v) is 7.15. The van der Waals surface area contributed by atoms with Crippen molar-refractivity contribution in [2.24, 2.45) is 10.2 Å². The van der Waals surface area contributed by atoms with E-state index in [1.54, 1.807) is 24.3 Å². The van der Waals surface area contributed by atoms with E-state index in [0.29, 0.717) is 24.1 Å². The Bertz CT molecular complexity index is 777. The highest BCUT2D eigenvalue weighted by atomic mass is 16.4. The van der Waals surface area contributed by atoms with E-state index in [2.05, 4.69) is 15.5 Å². The maximum Gasteiger partial charge on any atom is 0.320 e. The number of hydrogen-bond donors (Lipinski definition) is 4. The van der Waals surface area contributed by atoms with Crippen molar-refractivity contribution in [3.63, 3.8) is 0 Å². The van der Waals surface area contributed by atoms with Gasteiger partial charge >= 0.3 is 17.9 Å². The lowest BCUT2D eigenvalue weighted by Gasteiger charge is -2.25. The Morgan fingerprint density at radius 1 is 0.968 bits per heavy atom. The molecule has 0 aliphatic carbocycles. The van der Waals surface area contributed by atoms with Crippen LogP contribution in [-0.4, -0.2) is 75.8 Å². The monoisotopic (exact) mass is 436 g/mol. The first-order valence-corrected chi connectivity index (χ1v) is 9.79. The van der Waals surface area contributed by atoms with Gasteiger partial charge in [0.1, 0.15) is 6.04 Å². The Morgan fingerprint density at radius 2 is 1.55 bits per heavy atom. The molecular formula is C20H28N4O7.